The van der Waals surface area contributed by atoms with Crippen LogP contribution in [0.1, 0.15) is 20.7 Å². The Hall–Kier alpha value is -3.82. The molecule has 2 heterocycles. The average Bonchev–Trinajstić information content (AvgIpc) is 3.18. The van der Waals surface area contributed by atoms with Crippen molar-refractivity contribution >= 4 is 29.1 Å². The Balaban J connectivity index is 0.000000198. The van der Waals surface area contributed by atoms with Gasteiger partial charge in [0.2, 0.25) is 0 Å². The third kappa shape index (κ3) is 4.10. The van der Waals surface area contributed by atoms with E-state index in [0.717, 1.165) is 5.69 Å². The molecule has 9 N–H and O–H groups in total. The maximum Gasteiger partial charge on any atom is 0.254 e. The molecule has 1 aromatic carbocycles. The zero-order valence-corrected chi connectivity index (χ0v) is 12.5. The summed E-state index contributed by atoms with van der Waals surface area (Å²) in [6, 6.07) is 9.45. The van der Waals surface area contributed by atoms with Crippen LogP contribution < -0.4 is 22.5 Å². The van der Waals surface area contributed by atoms with E-state index in [1.807, 2.05) is 30.3 Å². The van der Waals surface area contributed by atoms with Crippen LogP contribution in [0, 0.1) is 0 Å². The summed E-state index contributed by atoms with van der Waals surface area (Å²) < 4.78 is 0. The number of carbonyl (C=O) groups is 2. The number of aromatic amines is 2. The van der Waals surface area contributed by atoms with Gasteiger partial charge in [-0.25, -0.2) is 0 Å². The number of hydrogen-bond acceptors (Lipinski definition) is 6. The lowest BCUT2D eigenvalue weighted by molar-refractivity contribution is 0.0992. The van der Waals surface area contributed by atoms with Crippen molar-refractivity contribution in [3.05, 3.63) is 53.9 Å². The zero-order chi connectivity index (χ0) is 17.5. The van der Waals surface area contributed by atoms with Crippen molar-refractivity contribution in [1.29, 1.82) is 0 Å². The third-order valence-electron chi connectivity index (χ3n) is 2.88. The number of benzene rings is 1. The molecule has 10 heteroatoms. The van der Waals surface area contributed by atoms with Crippen LogP contribution in [-0.2, 0) is 0 Å². The molecule has 3 rings (SSSR count). The van der Waals surface area contributed by atoms with E-state index in [0.29, 0.717) is 11.4 Å². The van der Waals surface area contributed by atoms with Crippen molar-refractivity contribution in [2.75, 3.05) is 11.1 Å². The smallest absolute Gasteiger partial charge is 0.254 e. The zero-order valence-electron chi connectivity index (χ0n) is 12.5. The van der Waals surface area contributed by atoms with Crippen LogP contribution in [0.3, 0.4) is 0 Å². The number of nitrogen functional groups attached to an aromatic ring is 1. The molecule has 2 amide bonds. The van der Waals surface area contributed by atoms with Gasteiger partial charge in [0.15, 0.2) is 0 Å². The first-order valence-electron chi connectivity index (χ1n) is 6.73. The Morgan fingerprint density at radius 2 is 1.50 bits per heavy atom. The van der Waals surface area contributed by atoms with Gasteiger partial charge in [0.25, 0.3) is 11.8 Å². The standard InChI is InChI=1S/C10H10N4O.C4H6N4O/c11-9(15)8-6-12-14-10(8)13-7-4-2-1-3-5-7;5-3-2(4(6)9)1-7-8-3/h1-6H,(H2,11,15)(H2,12,13,14);1H,(H2,6,9)(H3,5,7,8). The van der Waals surface area contributed by atoms with E-state index >= 15 is 0 Å². The molecule has 0 saturated carbocycles. The molecule has 3 aromatic rings. The van der Waals surface area contributed by atoms with Crippen LogP contribution in [0.5, 0.6) is 0 Å². The van der Waals surface area contributed by atoms with E-state index in [2.05, 4.69) is 25.7 Å². The molecule has 0 aliphatic rings. The Bertz CT molecular complexity index is 824. The van der Waals surface area contributed by atoms with Crippen LogP contribution in [-0.4, -0.2) is 32.2 Å². The Labute approximate surface area is 136 Å². The van der Waals surface area contributed by atoms with Crippen molar-refractivity contribution in [1.82, 2.24) is 20.4 Å². The minimum absolute atomic E-state index is 0.211. The number of rotatable bonds is 4. The summed E-state index contributed by atoms with van der Waals surface area (Å²) in [7, 11) is 0. The molecular formula is C14H16N8O2. The first-order chi connectivity index (χ1) is 11.5. The number of amides is 2. The highest BCUT2D eigenvalue weighted by Crippen LogP contribution is 2.16. The second kappa shape index (κ2) is 7.45. The molecule has 10 nitrogen and oxygen atoms in total. The summed E-state index contributed by atoms with van der Waals surface area (Å²) in [6.45, 7) is 0. The minimum atomic E-state index is -0.568. The monoisotopic (exact) mass is 328 g/mol. The van der Waals surface area contributed by atoms with Crippen molar-refractivity contribution in [3.8, 4) is 0 Å². The number of nitrogens with zero attached hydrogens (tertiary/aromatic N) is 2. The van der Waals surface area contributed by atoms with Gasteiger partial charge in [-0.15, -0.1) is 0 Å². The van der Waals surface area contributed by atoms with E-state index in [4.69, 9.17) is 17.2 Å². The van der Waals surface area contributed by atoms with E-state index in [9.17, 15) is 9.59 Å². The quantitative estimate of drug-likeness (QED) is 0.401. The molecule has 2 aromatic heterocycles. The van der Waals surface area contributed by atoms with Crippen LogP contribution >= 0.6 is 0 Å². The summed E-state index contributed by atoms with van der Waals surface area (Å²) in [5, 5.41) is 15.3. The number of primary amides is 2. The van der Waals surface area contributed by atoms with Crippen molar-refractivity contribution in [2.45, 2.75) is 0 Å². The van der Waals surface area contributed by atoms with Gasteiger partial charge in [0.05, 0.1) is 12.4 Å². The Kier molecular flexibility index (Phi) is 5.13. The van der Waals surface area contributed by atoms with Gasteiger partial charge in [-0.3, -0.25) is 19.8 Å². The number of aromatic nitrogens is 4. The number of anilines is 3. The summed E-state index contributed by atoms with van der Waals surface area (Å²) in [5.74, 6) is -0.361. The van der Waals surface area contributed by atoms with E-state index in [1.165, 1.54) is 12.4 Å². The average molecular weight is 328 g/mol. The van der Waals surface area contributed by atoms with E-state index in [1.54, 1.807) is 0 Å². The maximum atomic E-state index is 11.0. The Morgan fingerprint density at radius 3 is 2.00 bits per heavy atom. The summed E-state index contributed by atoms with van der Waals surface area (Å²) in [4.78, 5) is 21.4. The van der Waals surface area contributed by atoms with Crippen molar-refractivity contribution < 1.29 is 9.59 Å². The predicted molar refractivity (Wildman–Crippen MR) is 88.3 cm³/mol. The fourth-order valence-electron chi connectivity index (χ4n) is 1.73. The molecule has 0 atom stereocenters. The van der Waals surface area contributed by atoms with Gasteiger partial charge in [0.1, 0.15) is 22.8 Å². The molecule has 24 heavy (non-hydrogen) atoms. The summed E-state index contributed by atoms with van der Waals surface area (Å²) >= 11 is 0. The van der Waals surface area contributed by atoms with Crippen LogP contribution in [0.25, 0.3) is 0 Å². The fourth-order valence-corrected chi connectivity index (χ4v) is 1.73. The van der Waals surface area contributed by atoms with Crippen molar-refractivity contribution in [3.63, 3.8) is 0 Å². The van der Waals surface area contributed by atoms with Crippen LogP contribution in [0.15, 0.2) is 42.7 Å². The normalized spacial score (nSPS) is 9.67. The molecule has 0 radical (unpaired) electrons. The van der Waals surface area contributed by atoms with Crippen LogP contribution in [0.4, 0.5) is 17.3 Å². The SMILES string of the molecule is NC(=O)c1cn[nH]c1N.NC(=O)c1cn[nH]c1Nc1ccccc1. The highest BCUT2D eigenvalue weighted by atomic mass is 16.1. The highest BCUT2D eigenvalue weighted by molar-refractivity contribution is 5.98. The van der Waals surface area contributed by atoms with Gasteiger partial charge in [0, 0.05) is 5.69 Å². The molecule has 0 saturated heterocycles. The number of hydrogen-bond donors (Lipinski definition) is 6. The van der Waals surface area contributed by atoms with Gasteiger partial charge < -0.3 is 22.5 Å². The maximum absolute atomic E-state index is 11.0. The number of nitrogens with two attached hydrogens (primary N) is 3. The van der Waals surface area contributed by atoms with E-state index in [-0.39, 0.29) is 11.4 Å². The van der Waals surface area contributed by atoms with Gasteiger partial charge in [-0.2, -0.15) is 10.2 Å². The number of H-pyrrole nitrogens is 2. The Morgan fingerprint density at radius 1 is 0.917 bits per heavy atom. The number of nitrogens with one attached hydrogen (secondary N) is 3. The van der Waals surface area contributed by atoms with Gasteiger partial charge in [-0.05, 0) is 12.1 Å². The topological polar surface area (TPSA) is 182 Å². The third-order valence-corrected chi connectivity index (χ3v) is 2.88. The second-order valence-electron chi connectivity index (χ2n) is 4.58. The molecule has 124 valence electrons. The summed E-state index contributed by atoms with van der Waals surface area (Å²) in [6.07, 6.45) is 2.69. The fraction of sp³-hybridized carbons (Fsp3) is 0. The number of carbonyl (C=O) groups excluding carboxylic acids is 2. The lowest BCUT2D eigenvalue weighted by atomic mass is 10.3. The lowest BCUT2D eigenvalue weighted by Crippen LogP contribution is -2.11. The first-order valence-corrected chi connectivity index (χ1v) is 6.73. The van der Waals surface area contributed by atoms with Gasteiger partial charge >= 0.3 is 0 Å². The molecule has 0 aliphatic heterocycles. The largest absolute Gasteiger partial charge is 0.383 e. The molecule has 0 bridgehead atoms. The molecule has 0 aliphatic carbocycles. The predicted octanol–water partition coefficient (Wildman–Crippen LogP) is 0.343. The molecule has 0 spiro atoms. The molecule has 0 fully saturated rings. The lowest BCUT2D eigenvalue weighted by Gasteiger charge is -2.04. The molecule has 0 unspecified atom stereocenters. The number of para-hydroxylation sites is 1. The minimum Gasteiger partial charge on any atom is -0.383 e. The highest BCUT2D eigenvalue weighted by Gasteiger charge is 2.09. The van der Waals surface area contributed by atoms with Crippen LogP contribution in [0.2, 0.25) is 0 Å². The summed E-state index contributed by atoms with van der Waals surface area (Å²) in [5.41, 5.74) is 16.7. The van der Waals surface area contributed by atoms with Crippen molar-refractivity contribution in [2.24, 2.45) is 11.5 Å². The van der Waals surface area contributed by atoms with E-state index < -0.39 is 11.8 Å². The first kappa shape index (κ1) is 16.5. The van der Waals surface area contributed by atoms with Gasteiger partial charge in [-0.1, -0.05) is 18.2 Å². The second-order valence-corrected chi connectivity index (χ2v) is 4.58. The molecular weight excluding hydrogens is 312 g/mol.